The lowest BCUT2D eigenvalue weighted by Gasteiger charge is -2.23. The number of fused-ring (bicyclic) bond motifs is 1. The third kappa shape index (κ3) is 3.33. The van der Waals surface area contributed by atoms with Crippen molar-refractivity contribution in [2.24, 2.45) is 0 Å². The number of hydrogen-bond donors (Lipinski definition) is 1. The first-order valence-corrected chi connectivity index (χ1v) is 8.76. The van der Waals surface area contributed by atoms with E-state index in [-0.39, 0.29) is 11.2 Å². The average molecular weight is 347 g/mol. The Hall–Kier alpha value is -2.22. The van der Waals surface area contributed by atoms with Crippen molar-refractivity contribution < 1.29 is 18.7 Å². The molecule has 4 rings (SSSR count). The molecule has 1 fully saturated rings. The molecule has 1 amide bonds. The van der Waals surface area contributed by atoms with Gasteiger partial charge in [-0.25, -0.2) is 0 Å². The summed E-state index contributed by atoms with van der Waals surface area (Å²) in [6, 6.07) is 7.78. The zero-order chi connectivity index (χ0) is 16.5. The first kappa shape index (κ1) is 15.3. The minimum Gasteiger partial charge on any atom is -0.485 e. The number of benzene rings is 1. The van der Waals surface area contributed by atoms with Crippen LogP contribution in [0.1, 0.15) is 31.8 Å². The van der Waals surface area contributed by atoms with E-state index in [1.807, 2.05) is 31.2 Å². The quantitative estimate of drug-likeness (QED) is 0.831. The van der Waals surface area contributed by atoms with Crippen molar-refractivity contribution >= 4 is 17.7 Å². The smallest absolute Gasteiger partial charge is 0.277 e. The van der Waals surface area contributed by atoms with Crippen LogP contribution in [0.5, 0.6) is 11.5 Å². The highest BCUT2D eigenvalue weighted by molar-refractivity contribution is 8.00. The van der Waals surface area contributed by atoms with Crippen molar-refractivity contribution in [1.29, 1.82) is 0 Å². The van der Waals surface area contributed by atoms with E-state index in [0.717, 1.165) is 12.8 Å². The van der Waals surface area contributed by atoms with Gasteiger partial charge in [-0.15, -0.1) is 10.2 Å². The van der Waals surface area contributed by atoms with Crippen LogP contribution >= 0.6 is 11.8 Å². The molecule has 2 heterocycles. The van der Waals surface area contributed by atoms with Crippen LogP contribution in [0.15, 0.2) is 33.9 Å². The maximum absolute atomic E-state index is 12.0. The molecular formula is C16H17N3O4S. The van der Waals surface area contributed by atoms with Crippen LogP contribution in [0.4, 0.5) is 0 Å². The lowest BCUT2D eigenvalue weighted by atomic mass is 10.2. The normalized spacial score (nSPS) is 20.5. The van der Waals surface area contributed by atoms with E-state index in [1.54, 1.807) is 0 Å². The third-order valence-corrected chi connectivity index (χ3v) is 4.71. The Labute approximate surface area is 143 Å². The average Bonchev–Trinajstić information content (AvgIpc) is 3.29. The molecule has 0 unspecified atom stereocenters. The molecule has 1 N–H and O–H groups in total. The fourth-order valence-corrected chi connectivity index (χ4v) is 2.99. The highest BCUT2D eigenvalue weighted by Gasteiger charge is 2.29. The summed E-state index contributed by atoms with van der Waals surface area (Å²) in [4.78, 5) is 12.0. The number of amides is 1. The van der Waals surface area contributed by atoms with E-state index >= 15 is 0 Å². The molecule has 1 saturated carbocycles. The monoisotopic (exact) mass is 347 g/mol. The number of carbonyl (C=O) groups excluding carboxylic acids is 1. The predicted molar refractivity (Wildman–Crippen MR) is 86.1 cm³/mol. The Balaban J connectivity index is 1.39. The summed E-state index contributed by atoms with van der Waals surface area (Å²) >= 11 is 1.24. The molecule has 2 aromatic rings. The van der Waals surface area contributed by atoms with E-state index in [9.17, 15) is 4.79 Å². The van der Waals surface area contributed by atoms with E-state index < -0.39 is 6.10 Å². The molecule has 1 aromatic heterocycles. The molecule has 7 nitrogen and oxygen atoms in total. The second-order valence-electron chi connectivity index (χ2n) is 5.81. The Morgan fingerprint density at radius 2 is 2.08 bits per heavy atom. The van der Waals surface area contributed by atoms with Gasteiger partial charge in [0.15, 0.2) is 11.5 Å². The van der Waals surface area contributed by atoms with Crippen LogP contribution in [-0.2, 0) is 4.79 Å². The maximum atomic E-state index is 12.0. The van der Waals surface area contributed by atoms with Crippen molar-refractivity contribution in [2.75, 3.05) is 6.61 Å². The zero-order valence-corrected chi connectivity index (χ0v) is 13.9. The Morgan fingerprint density at radius 3 is 2.88 bits per heavy atom. The Bertz CT molecular complexity index is 746. The van der Waals surface area contributed by atoms with Crippen LogP contribution in [-0.4, -0.2) is 34.0 Å². The molecule has 0 radical (unpaired) electrons. The van der Waals surface area contributed by atoms with Crippen LogP contribution in [0.3, 0.4) is 0 Å². The fraction of sp³-hybridized carbons (Fsp3) is 0.438. The van der Waals surface area contributed by atoms with Crippen LogP contribution in [0.25, 0.3) is 0 Å². The number of para-hydroxylation sites is 2. The second-order valence-corrected chi connectivity index (χ2v) is 7.11. The number of carbonyl (C=O) groups is 1. The Morgan fingerprint density at radius 1 is 1.29 bits per heavy atom. The number of aromatic nitrogens is 2. The second kappa shape index (κ2) is 6.35. The fourth-order valence-electron chi connectivity index (χ4n) is 2.29. The summed E-state index contributed by atoms with van der Waals surface area (Å²) < 4.78 is 17.1. The van der Waals surface area contributed by atoms with Gasteiger partial charge in [0.25, 0.3) is 11.1 Å². The SMILES string of the molecule is C[C@@H](Sc1nnc([C@@H]2COc3ccccc3O2)o1)C(=O)NC1CC1. The van der Waals surface area contributed by atoms with E-state index in [2.05, 4.69) is 15.5 Å². The maximum Gasteiger partial charge on any atom is 0.277 e. The van der Waals surface area contributed by atoms with Crippen molar-refractivity contribution in [2.45, 2.75) is 42.4 Å². The number of ether oxygens (including phenoxy) is 2. The summed E-state index contributed by atoms with van der Waals surface area (Å²) in [7, 11) is 0. The van der Waals surface area contributed by atoms with E-state index in [1.165, 1.54) is 11.8 Å². The van der Waals surface area contributed by atoms with Crippen LogP contribution in [0.2, 0.25) is 0 Å². The molecule has 0 saturated heterocycles. The van der Waals surface area contributed by atoms with Crippen molar-refractivity contribution in [1.82, 2.24) is 15.5 Å². The number of rotatable bonds is 5. The highest BCUT2D eigenvalue weighted by atomic mass is 32.2. The van der Waals surface area contributed by atoms with Crippen molar-refractivity contribution in [3.63, 3.8) is 0 Å². The molecular weight excluding hydrogens is 330 g/mol. The topological polar surface area (TPSA) is 86.5 Å². The third-order valence-electron chi connectivity index (χ3n) is 3.78. The van der Waals surface area contributed by atoms with Gasteiger partial charge in [0.2, 0.25) is 12.0 Å². The summed E-state index contributed by atoms with van der Waals surface area (Å²) in [6.45, 7) is 2.13. The highest BCUT2D eigenvalue weighted by Crippen LogP contribution is 2.36. The van der Waals surface area contributed by atoms with E-state index in [0.29, 0.717) is 35.3 Å². The zero-order valence-electron chi connectivity index (χ0n) is 13.1. The Kier molecular flexibility index (Phi) is 4.05. The van der Waals surface area contributed by atoms with Gasteiger partial charge in [-0.3, -0.25) is 4.79 Å². The van der Waals surface area contributed by atoms with Gasteiger partial charge < -0.3 is 19.2 Å². The molecule has 2 atom stereocenters. The number of hydrogen-bond acceptors (Lipinski definition) is 7. The summed E-state index contributed by atoms with van der Waals surface area (Å²) in [5.74, 6) is 1.70. The summed E-state index contributed by atoms with van der Waals surface area (Å²) in [5.41, 5.74) is 0. The van der Waals surface area contributed by atoms with Crippen molar-refractivity contribution in [3.8, 4) is 11.5 Å². The number of nitrogens with zero attached hydrogens (tertiary/aromatic N) is 2. The summed E-state index contributed by atoms with van der Waals surface area (Å²) in [6.07, 6.45) is 1.68. The standard InChI is InChI=1S/C16H17N3O4S/c1-9(14(20)17-10-6-7-10)24-16-19-18-15(23-16)13-8-21-11-4-2-3-5-12(11)22-13/h2-5,9-10,13H,6-8H2,1H3,(H,17,20)/t9-,13+/m1/s1. The molecule has 8 heteroatoms. The molecule has 1 aliphatic heterocycles. The largest absolute Gasteiger partial charge is 0.485 e. The van der Waals surface area contributed by atoms with Gasteiger partial charge in [-0.1, -0.05) is 23.9 Å². The molecule has 126 valence electrons. The van der Waals surface area contributed by atoms with Gasteiger partial charge in [0.05, 0.1) is 5.25 Å². The van der Waals surface area contributed by atoms with Gasteiger partial charge >= 0.3 is 0 Å². The van der Waals surface area contributed by atoms with Crippen LogP contribution in [0, 0.1) is 0 Å². The molecule has 2 aliphatic rings. The lowest BCUT2D eigenvalue weighted by molar-refractivity contribution is -0.120. The van der Waals surface area contributed by atoms with Gasteiger partial charge in [0, 0.05) is 6.04 Å². The van der Waals surface area contributed by atoms with Crippen molar-refractivity contribution in [3.05, 3.63) is 30.2 Å². The number of thioether (sulfide) groups is 1. The number of nitrogens with one attached hydrogen (secondary N) is 1. The minimum absolute atomic E-state index is 0.00609. The summed E-state index contributed by atoms with van der Waals surface area (Å²) in [5, 5.41) is 11.0. The first-order chi connectivity index (χ1) is 11.7. The molecule has 24 heavy (non-hydrogen) atoms. The molecule has 1 aromatic carbocycles. The van der Waals surface area contributed by atoms with E-state index in [4.69, 9.17) is 13.9 Å². The minimum atomic E-state index is -0.447. The molecule has 0 bridgehead atoms. The molecule has 0 spiro atoms. The van der Waals surface area contributed by atoms with Gasteiger partial charge in [0.1, 0.15) is 6.61 Å². The van der Waals surface area contributed by atoms with Gasteiger partial charge in [-0.2, -0.15) is 0 Å². The van der Waals surface area contributed by atoms with Crippen LogP contribution < -0.4 is 14.8 Å². The molecule has 1 aliphatic carbocycles. The van der Waals surface area contributed by atoms with Gasteiger partial charge in [-0.05, 0) is 31.9 Å². The predicted octanol–water partition coefficient (Wildman–Crippen LogP) is 2.34. The lowest BCUT2D eigenvalue weighted by Crippen LogP contribution is -2.32. The first-order valence-electron chi connectivity index (χ1n) is 7.88.